The van der Waals surface area contributed by atoms with Crippen molar-refractivity contribution in [3.05, 3.63) is 36.0 Å². The number of morpholine rings is 1. The summed E-state index contributed by atoms with van der Waals surface area (Å²) in [6, 6.07) is 4.77. The summed E-state index contributed by atoms with van der Waals surface area (Å²) < 4.78 is 11.9. The molecule has 4 heterocycles. The van der Waals surface area contributed by atoms with Crippen LogP contribution in [0.2, 0.25) is 0 Å². The van der Waals surface area contributed by atoms with Crippen molar-refractivity contribution < 1.29 is 9.15 Å². The van der Waals surface area contributed by atoms with Crippen LogP contribution in [0.15, 0.2) is 28.9 Å². The first-order valence-corrected chi connectivity index (χ1v) is 8.53. The standard InChI is InChI=1S/C17H23N5O2/c1-14-19-20-16(24-14)22-8-2-5-17(13-22)12-21(9-10-23-17)11-15-3-6-18-7-4-15/h3-4,6-7H,2,5,8-13H2,1H3/t17-/m1/s1. The average Bonchev–Trinajstić information content (AvgIpc) is 3.03. The third-order valence-electron chi connectivity index (χ3n) is 4.81. The molecule has 0 amide bonds. The molecule has 2 aliphatic heterocycles. The van der Waals surface area contributed by atoms with Gasteiger partial charge in [-0.05, 0) is 30.5 Å². The molecule has 1 atom stereocenters. The smallest absolute Gasteiger partial charge is 0.318 e. The van der Waals surface area contributed by atoms with Crippen molar-refractivity contribution in [3.8, 4) is 0 Å². The van der Waals surface area contributed by atoms with Crippen molar-refractivity contribution in [1.82, 2.24) is 20.1 Å². The van der Waals surface area contributed by atoms with Crippen LogP contribution in [-0.4, -0.2) is 58.5 Å². The summed E-state index contributed by atoms with van der Waals surface area (Å²) in [5.74, 6) is 0.605. The summed E-state index contributed by atoms with van der Waals surface area (Å²) in [6.07, 6.45) is 5.85. The minimum absolute atomic E-state index is 0.147. The summed E-state index contributed by atoms with van der Waals surface area (Å²) in [5, 5.41) is 8.12. The van der Waals surface area contributed by atoms with E-state index in [4.69, 9.17) is 9.15 Å². The van der Waals surface area contributed by atoms with Crippen molar-refractivity contribution >= 4 is 6.01 Å². The van der Waals surface area contributed by atoms with Gasteiger partial charge in [0.1, 0.15) is 0 Å². The van der Waals surface area contributed by atoms with Crippen molar-refractivity contribution in [1.29, 1.82) is 0 Å². The molecule has 0 aliphatic carbocycles. The number of hydrogen-bond acceptors (Lipinski definition) is 7. The van der Waals surface area contributed by atoms with E-state index in [9.17, 15) is 0 Å². The zero-order chi connectivity index (χ0) is 16.4. The highest BCUT2D eigenvalue weighted by Gasteiger charge is 2.41. The van der Waals surface area contributed by atoms with Crippen LogP contribution < -0.4 is 4.90 Å². The number of nitrogens with zero attached hydrogens (tertiary/aromatic N) is 5. The van der Waals surface area contributed by atoms with Gasteiger partial charge in [-0.2, -0.15) is 0 Å². The number of ether oxygens (including phenoxy) is 1. The zero-order valence-electron chi connectivity index (χ0n) is 14.0. The number of pyridine rings is 1. The molecule has 4 rings (SSSR count). The Hall–Kier alpha value is -1.99. The molecule has 0 bridgehead atoms. The van der Waals surface area contributed by atoms with Crippen LogP contribution in [0.4, 0.5) is 6.01 Å². The maximum atomic E-state index is 6.25. The van der Waals surface area contributed by atoms with Crippen LogP contribution in [-0.2, 0) is 11.3 Å². The molecule has 2 aromatic heterocycles. The van der Waals surface area contributed by atoms with E-state index in [1.54, 1.807) is 0 Å². The van der Waals surface area contributed by atoms with Crippen LogP contribution in [0, 0.1) is 6.92 Å². The van der Waals surface area contributed by atoms with Gasteiger partial charge in [0, 0.05) is 45.5 Å². The second-order valence-electron chi connectivity index (χ2n) is 6.73. The van der Waals surface area contributed by atoms with Gasteiger partial charge in [0.25, 0.3) is 0 Å². The lowest BCUT2D eigenvalue weighted by molar-refractivity contribution is -0.116. The van der Waals surface area contributed by atoms with Crippen LogP contribution in [0.3, 0.4) is 0 Å². The predicted octanol–water partition coefficient (Wildman–Crippen LogP) is 1.64. The van der Waals surface area contributed by atoms with Crippen molar-refractivity contribution in [2.45, 2.75) is 31.9 Å². The van der Waals surface area contributed by atoms with Crippen molar-refractivity contribution in [3.63, 3.8) is 0 Å². The van der Waals surface area contributed by atoms with Gasteiger partial charge in [0.15, 0.2) is 0 Å². The third-order valence-corrected chi connectivity index (χ3v) is 4.81. The Bertz CT molecular complexity index is 673. The van der Waals surface area contributed by atoms with Gasteiger partial charge in [0.05, 0.1) is 18.8 Å². The Morgan fingerprint density at radius 3 is 2.83 bits per heavy atom. The number of aryl methyl sites for hydroxylation is 1. The summed E-state index contributed by atoms with van der Waals surface area (Å²) in [6.45, 7) is 7.17. The molecular formula is C17H23N5O2. The highest BCUT2D eigenvalue weighted by atomic mass is 16.5. The number of anilines is 1. The SMILES string of the molecule is Cc1nnc(N2CCC[C@@]3(CN(Cc4ccncc4)CCO3)C2)o1. The number of rotatable bonds is 3. The van der Waals surface area contributed by atoms with Crippen molar-refractivity contribution in [2.75, 3.05) is 37.7 Å². The lowest BCUT2D eigenvalue weighted by atomic mass is 9.90. The summed E-state index contributed by atoms with van der Waals surface area (Å²) in [5.41, 5.74) is 1.15. The van der Waals surface area contributed by atoms with Crippen LogP contribution in [0.25, 0.3) is 0 Å². The first-order valence-electron chi connectivity index (χ1n) is 8.53. The summed E-state index contributed by atoms with van der Waals surface area (Å²) in [4.78, 5) is 8.73. The monoisotopic (exact) mass is 329 g/mol. The van der Waals surface area contributed by atoms with Gasteiger partial charge in [-0.25, -0.2) is 0 Å². The minimum atomic E-state index is -0.147. The van der Waals surface area contributed by atoms with Gasteiger partial charge >= 0.3 is 6.01 Å². The fourth-order valence-electron chi connectivity index (χ4n) is 3.73. The molecule has 0 aromatic carbocycles. The average molecular weight is 329 g/mol. The molecule has 0 radical (unpaired) electrons. The molecule has 2 saturated heterocycles. The summed E-state index contributed by atoms with van der Waals surface area (Å²) in [7, 11) is 0. The van der Waals surface area contributed by atoms with E-state index in [0.717, 1.165) is 52.2 Å². The third kappa shape index (κ3) is 3.27. The van der Waals surface area contributed by atoms with Gasteiger partial charge in [-0.3, -0.25) is 9.88 Å². The molecule has 0 N–H and O–H groups in total. The van der Waals surface area contributed by atoms with Crippen LogP contribution in [0.1, 0.15) is 24.3 Å². The van der Waals surface area contributed by atoms with E-state index in [1.807, 2.05) is 19.3 Å². The van der Waals surface area contributed by atoms with Gasteiger partial charge in [0.2, 0.25) is 5.89 Å². The van der Waals surface area contributed by atoms with E-state index in [-0.39, 0.29) is 5.60 Å². The lowest BCUT2D eigenvalue weighted by Crippen LogP contribution is -2.59. The van der Waals surface area contributed by atoms with Gasteiger partial charge in [-0.1, -0.05) is 5.10 Å². The minimum Gasteiger partial charge on any atom is -0.408 e. The Balaban J connectivity index is 1.45. The maximum absolute atomic E-state index is 6.25. The predicted molar refractivity (Wildman–Crippen MR) is 88.7 cm³/mol. The molecular weight excluding hydrogens is 306 g/mol. The number of piperidine rings is 1. The molecule has 2 aliphatic rings. The molecule has 0 unspecified atom stereocenters. The molecule has 0 saturated carbocycles. The molecule has 7 nitrogen and oxygen atoms in total. The van der Waals surface area contributed by atoms with E-state index >= 15 is 0 Å². The Morgan fingerprint density at radius 2 is 2.04 bits per heavy atom. The molecule has 2 aromatic rings. The second-order valence-corrected chi connectivity index (χ2v) is 6.73. The largest absolute Gasteiger partial charge is 0.408 e. The van der Waals surface area contributed by atoms with Gasteiger partial charge < -0.3 is 14.1 Å². The van der Waals surface area contributed by atoms with E-state index in [2.05, 4.69) is 37.1 Å². The van der Waals surface area contributed by atoms with E-state index in [0.29, 0.717) is 11.9 Å². The normalized spacial score (nSPS) is 25.3. The second kappa shape index (κ2) is 6.49. The fraction of sp³-hybridized carbons (Fsp3) is 0.588. The Kier molecular flexibility index (Phi) is 4.20. The fourth-order valence-corrected chi connectivity index (χ4v) is 3.73. The quantitative estimate of drug-likeness (QED) is 0.848. The van der Waals surface area contributed by atoms with E-state index in [1.165, 1.54) is 5.56 Å². The first kappa shape index (κ1) is 15.5. The first-order chi connectivity index (χ1) is 11.7. The zero-order valence-corrected chi connectivity index (χ0v) is 14.0. The molecule has 1 spiro atoms. The molecule has 7 heteroatoms. The highest BCUT2D eigenvalue weighted by molar-refractivity contribution is 5.27. The highest BCUT2D eigenvalue weighted by Crippen LogP contribution is 2.31. The van der Waals surface area contributed by atoms with Crippen LogP contribution >= 0.6 is 0 Å². The van der Waals surface area contributed by atoms with Crippen molar-refractivity contribution in [2.24, 2.45) is 0 Å². The number of aromatic nitrogens is 3. The van der Waals surface area contributed by atoms with Gasteiger partial charge in [-0.15, -0.1) is 5.10 Å². The summed E-state index contributed by atoms with van der Waals surface area (Å²) >= 11 is 0. The Labute approximate surface area is 141 Å². The van der Waals surface area contributed by atoms with E-state index < -0.39 is 0 Å². The van der Waals surface area contributed by atoms with Crippen LogP contribution in [0.5, 0.6) is 0 Å². The topological polar surface area (TPSA) is 67.5 Å². The molecule has 24 heavy (non-hydrogen) atoms. The lowest BCUT2D eigenvalue weighted by Gasteiger charge is -2.47. The Morgan fingerprint density at radius 1 is 1.17 bits per heavy atom. The number of hydrogen-bond donors (Lipinski definition) is 0. The molecule has 128 valence electrons. The molecule has 2 fully saturated rings. The maximum Gasteiger partial charge on any atom is 0.318 e.